The maximum absolute atomic E-state index is 7.56. The number of nitrogens with one attached hydrogen (secondary N) is 3. The van der Waals surface area contributed by atoms with Gasteiger partial charge in [0.2, 0.25) is 5.95 Å². The fourth-order valence-electron chi connectivity index (χ4n) is 2.90. The van der Waals surface area contributed by atoms with Gasteiger partial charge in [-0.05, 0) is 55.0 Å². The molecule has 1 atom stereocenters. The highest BCUT2D eigenvalue weighted by atomic mass is 16.5. The average molecular weight is 435 g/mol. The number of amidine groups is 2. The van der Waals surface area contributed by atoms with Gasteiger partial charge in [-0.25, -0.2) is 15.4 Å². The molecule has 3 aromatic rings. The Bertz CT molecular complexity index is 1070. The van der Waals surface area contributed by atoms with Gasteiger partial charge < -0.3 is 26.3 Å². The summed E-state index contributed by atoms with van der Waals surface area (Å²) < 4.78 is 11.1. The number of hydrazone groups is 1. The lowest BCUT2D eigenvalue weighted by molar-refractivity contribution is 0.335. The number of ether oxygens (including phenoxy) is 2. The van der Waals surface area contributed by atoms with E-state index in [2.05, 4.69) is 25.8 Å². The van der Waals surface area contributed by atoms with E-state index in [4.69, 9.17) is 26.4 Å². The van der Waals surface area contributed by atoms with Crippen molar-refractivity contribution in [2.75, 3.05) is 24.5 Å². The van der Waals surface area contributed by atoms with Gasteiger partial charge in [0, 0.05) is 29.7 Å². The van der Waals surface area contributed by atoms with E-state index in [1.54, 1.807) is 43.8 Å². The molecule has 0 aliphatic rings. The number of rotatable bonds is 10. The smallest absolute Gasteiger partial charge is 0.243 e. The molecule has 32 heavy (non-hydrogen) atoms. The molecule has 0 aliphatic heterocycles. The van der Waals surface area contributed by atoms with Crippen LogP contribution in [-0.4, -0.2) is 35.4 Å². The fourth-order valence-corrected chi connectivity index (χ4v) is 2.90. The van der Waals surface area contributed by atoms with Gasteiger partial charge in [0.1, 0.15) is 29.2 Å². The standard InChI is InChI=1S/C22H26N8O2/c1-3-32-18-12-15(11-17(13-18)31-2)19(21(25)29-30-22-26-9-4-10-27-22)28-16-7-5-14(6-8-16)20(23)24/h4-13,19,28H,3H2,1-2H3,(H3,23,24)(H2,25,29)(H,26,27,30). The Balaban J connectivity index is 1.96. The van der Waals surface area contributed by atoms with Crippen LogP contribution in [0.15, 0.2) is 66.0 Å². The minimum absolute atomic E-state index is 0.00427. The van der Waals surface area contributed by atoms with E-state index in [-0.39, 0.29) is 11.7 Å². The zero-order valence-corrected chi connectivity index (χ0v) is 17.9. The summed E-state index contributed by atoms with van der Waals surface area (Å²) in [5.74, 6) is 1.82. The minimum atomic E-state index is -0.538. The topological polar surface area (TPSA) is 157 Å². The molecule has 0 amide bonds. The van der Waals surface area contributed by atoms with Crippen molar-refractivity contribution in [2.45, 2.75) is 13.0 Å². The van der Waals surface area contributed by atoms with Crippen LogP contribution in [0.2, 0.25) is 0 Å². The number of methoxy groups -OCH3 is 1. The highest BCUT2D eigenvalue weighted by Crippen LogP contribution is 2.29. The van der Waals surface area contributed by atoms with E-state index >= 15 is 0 Å². The summed E-state index contributed by atoms with van der Waals surface area (Å²) in [5, 5.41) is 15.2. The first-order chi connectivity index (χ1) is 15.5. The van der Waals surface area contributed by atoms with Crippen LogP contribution in [0.5, 0.6) is 11.5 Å². The van der Waals surface area contributed by atoms with E-state index in [0.29, 0.717) is 29.6 Å². The molecular formula is C22H26N8O2. The number of nitrogens with zero attached hydrogens (tertiary/aromatic N) is 3. The molecule has 0 fully saturated rings. The summed E-state index contributed by atoms with van der Waals surface area (Å²) in [6.45, 7) is 2.42. The van der Waals surface area contributed by atoms with Crippen molar-refractivity contribution in [3.05, 3.63) is 72.1 Å². The Morgan fingerprint density at radius 2 is 1.78 bits per heavy atom. The number of aromatic nitrogens is 2. The molecule has 3 rings (SSSR count). The van der Waals surface area contributed by atoms with Gasteiger partial charge in [-0.15, -0.1) is 0 Å². The van der Waals surface area contributed by atoms with Gasteiger partial charge in [-0.2, -0.15) is 5.10 Å². The largest absolute Gasteiger partial charge is 0.497 e. The van der Waals surface area contributed by atoms with Crippen LogP contribution in [0, 0.1) is 5.41 Å². The number of anilines is 2. The minimum Gasteiger partial charge on any atom is -0.497 e. The van der Waals surface area contributed by atoms with Crippen molar-refractivity contribution in [1.29, 1.82) is 5.41 Å². The number of nitrogen functional groups attached to an aromatic ring is 1. The summed E-state index contributed by atoms with van der Waals surface area (Å²) in [4.78, 5) is 8.16. The molecule has 10 heteroatoms. The second-order valence-corrected chi connectivity index (χ2v) is 6.66. The molecule has 2 aromatic carbocycles. The van der Waals surface area contributed by atoms with Crippen molar-refractivity contribution in [3.63, 3.8) is 0 Å². The van der Waals surface area contributed by atoms with Crippen LogP contribution in [0.1, 0.15) is 24.1 Å². The van der Waals surface area contributed by atoms with Crippen LogP contribution < -0.4 is 31.7 Å². The van der Waals surface area contributed by atoms with Crippen LogP contribution in [-0.2, 0) is 0 Å². The van der Waals surface area contributed by atoms with E-state index in [9.17, 15) is 0 Å². The van der Waals surface area contributed by atoms with Crippen LogP contribution in [0.4, 0.5) is 11.6 Å². The average Bonchev–Trinajstić information content (AvgIpc) is 2.82. The maximum Gasteiger partial charge on any atom is 0.243 e. The molecule has 0 aliphatic carbocycles. The van der Waals surface area contributed by atoms with Crippen molar-refractivity contribution in [2.24, 2.45) is 16.6 Å². The monoisotopic (exact) mass is 434 g/mol. The molecule has 0 radical (unpaired) electrons. The number of benzene rings is 2. The van der Waals surface area contributed by atoms with Crippen molar-refractivity contribution >= 4 is 23.3 Å². The summed E-state index contributed by atoms with van der Waals surface area (Å²) in [5.41, 5.74) is 16.9. The molecule has 0 bridgehead atoms. The number of hydrogen-bond acceptors (Lipinski definition) is 8. The van der Waals surface area contributed by atoms with Crippen LogP contribution in [0.3, 0.4) is 0 Å². The highest BCUT2D eigenvalue weighted by molar-refractivity contribution is 5.95. The Morgan fingerprint density at radius 1 is 1.09 bits per heavy atom. The molecule has 0 saturated carbocycles. The van der Waals surface area contributed by atoms with Crippen molar-refractivity contribution in [1.82, 2.24) is 9.97 Å². The number of hydrogen-bond donors (Lipinski definition) is 5. The van der Waals surface area contributed by atoms with E-state index in [1.807, 2.05) is 31.2 Å². The zero-order valence-electron chi connectivity index (χ0n) is 17.9. The second-order valence-electron chi connectivity index (χ2n) is 6.66. The molecule has 1 heterocycles. The van der Waals surface area contributed by atoms with E-state index in [0.717, 1.165) is 11.3 Å². The number of nitrogens with two attached hydrogens (primary N) is 2. The Labute approximate surface area is 186 Å². The summed E-state index contributed by atoms with van der Waals surface area (Å²) in [6.07, 6.45) is 3.20. The fraction of sp³-hybridized carbons (Fsp3) is 0.182. The molecule has 1 aromatic heterocycles. The quantitative estimate of drug-likeness (QED) is 0.185. The Kier molecular flexibility index (Phi) is 7.42. The summed E-state index contributed by atoms with van der Waals surface area (Å²) in [6, 6.07) is 13.8. The first-order valence-electron chi connectivity index (χ1n) is 9.89. The van der Waals surface area contributed by atoms with E-state index in [1.165, 1.54) is 0 Å². The molecule has 1 unspecified atom stereocenters. The van der Waals surface area contributed by atoms with E-state index < -0.39 is 6.04 Å². The first-order valence-corrected chi connectivity index (χ1v) is 9.89. The van der Waals surface area contributed by atoms with Crippen molar-refractivity contribution in [3.8, 4) is 11.5 Å². The molecule has 0 spiro atoms. The van der Waals surface area contributed by atoms with Gasteiger partial charge >= 0.3 is 0 Å². The third-order valence-corrected chi connectivity index (χ3v) is 4.44. The lowest BCUT2D eigenvalue weighted by Crippen LogP contribution is -2.29. The van der Waals surface area contributed by atoms with Gasteiger partial charge in [-0.1, -0.05) is 0 Å². The third kappa shape index (κ3) is 5.85. The van der Waals surface area contributed by atoms with Gasteiger partial charge in [0.15, 0.2) is 0 Å². The highest BCUT2D eigenvalue weighted by Gasteiger charge is 2.19. The van der Waals surface area contributed by atoms with Crippen LogP contribution in [0.25, 0.3) is 0 Å². The predicted octanol–water partition coefficient (Wildman–Crippen LogP) is 2.71. The second kappa shape index (κ2) is 10.6. The Morgan fingerprint density at radius 3 is 2.41 bits per heavy atom. The molecule has 7 N–H and O–H groups in total. The normalized spacial score (nSPS) is 12.0. The summed E-state index contributed by atoms with van der Waals surface area (Å²) >= 11 is 0. The lowest BCUT2D eigenvalue weighted by atomic mass is 10.0. The zero-order chi connectivity index (χ0) is 22.9. The maximum atomic E-state index is 7.56. The predicted molar refractivity (Wildman–Crippen MR) is 125 cm³/mol. The SMILES string of the molecule is CCOc1cc(OC)cc(C(Nc2ccc(C(=N)N)cc2)/C(N)=N/Nc2ncccn2)c1. The molecular weight excluding hydrogens is 408 g/mol. The first kappa shape index (κ1) is 22.3. The molecule has 0 saturated heterocycles. The van der Waals surface area contributed by atoms with Gasteiger partial charge in [0.25, 0.3) is 0 Å². The van der Waals surface area contributed by atoms with Crippen LogP contribution >= 0.6 is 0 Å². The summed E-state index contributed by atoms with van der Waals surface area (Å²) in [7, 11) is 1.59. The van der Waals surface area contributed by atoms with Crippen molar-refractivity contribution < 1.29 is 9.47 Å². The van der Waals surface area contributed by atoms with Gasteiger partial charge in [-0.3, -0.25) is 5.41 Å². The molecule has 166 valence electrons. The molecule has 10 nitrogen and oxygen atoms in total. The lowest BCUT2D eigenvalue weighted by Gasteiger charge is -2.21. The third-order valence-electron chi connectivity index (χ3n) is 4.44. The Hall–Kier alpha value is -4.34. The van der Waals surface area contributed by atoms with Gasteiger partial charge in [0.05, 0.1) is 13.7 Å².